The van der Waals surface area contributed by atoms with Crippen LogP contribution in [0.4, 0.5) is 35.1 Å². The number of amides is 2. The second-order valence-corrected chi connectivity index (χ2v) is 17.4. The van der Waals surface area contributed by atoms with Gasteiger partial charge in [0.25, 0.3) is 0 Å². The van der Waals surface area contributed by atoms with Crippen molar-refractivity contribution in [3.05, 3.63) is 164 Å². The SMILES string of the molecule is O=C1/C(=C/c2ccc(F)c(F)c2)CN(C(=O)CCN2CCCCC2)C/C1=C\c1ccc(F)c(F)c1.O=C1/C(=C/c2ccc(F)c(F)c2)CN(C(=O)CCN2CCOCC2)C/C1=C\c1ccc(F)c(F)c1. The van der Waals surface area contributed by atoms with Crippen LogP contribution in [0.2, 0.25) is 0 Å². The summed E-state index contributed by atoms with van der Waals surface area (Å²) < 4.78 is 113. The summed E-state index contributed by atoms with van der Waals surface area (Å²) in [6.45, 7) is 5.76. The molecular weight excluding hydrogens is 925 g/mol. The van der Waals surface area contributed by atoms with Crippen molar-refractivity contribution in [2.45, 2.75) is 32.1 Å². The number of Topliss-reactive ketones (excluding diaryl/α,β-unsaturated/α-hetero) is 2. The van der Waals surface area contributed by atoms with Crippen LogP contribution < -0.4 is 0 Å². The van der Waals surface area contributed by atoms with Crippen LogP contribution in [-0.4, -0.2) is 122 Å². The predicted molar refractivity (Wildman–Crippen MR) is 247 cm³/mol. The summed E-state index contributed by atoms with van der Waals surface area (Å²) in [4.78, 5) is 59.8. The van der Waals surface area contributed by atoms with Crippen LogP contribution in [0.5, 0.6) is 0 Å². The van der Waals surface area contributed by atoms with Crippen molar-refractivity contribution in [1.29, 1.82) is 0 Å². The first-order chi connectivity index (χ1) is 33.6. The van der Waals surface area contributed by atoms with E-state index in [4.69, 9.17) is 4.74 Å². The average Bonchev–Trinajstić information content (AvgIpc) is 3.35. The van der Waals surface area contributed by atoms with Gasteiger partial charge in [0, 0.05) is 87.5 Å². The summed E-state index contributed by atoms with van der Waals surface area (Å²) in [6.07, 6.45) is 9.58. The maximum atomic E-state index is 13.7. The van der Waals surface area contributed by atoms with E-state index in [1.165, 1.54) is 64.8 Å². The highest BCUT2D eigenvalue weighted by Crippen LogP contribution is 2.26. The molecule has 4 aromatic rings. The van der Waals surface area contributed by atoms with Gasteiger partial charge in [0.05, 0.1) is 13.2 Å². The Hall–Kier alpha value is -6.56. The molecule has 368 valence electrons. The number of nitrogens with zero attached hydrogens (tertiary/aromatic N) is 4. The summed E-state index contributed by atoms with van der Waals surface area (Å²) in [5, 5.41) is 0. The molecule has 4 aliphatic heterocycles. The molecular formula is C53H50F8N4O5. The number of hydrogen-bond donors (Lipinski definition) is 0. The molecule has 0 unspecified atom stereocenters. The Morgan fingerprint density at radius 1 is 0.429 bits per heavy atom. The summed E-state index contributed by atoms with van der Waals surface area (Å²) in [5.41, 5.74) is 1.95. The molecule has 70 heavy (non-hydrogen) atoms. The Labute approximate surface area is 400 Å². The van der Waals surface area contributed by atoms with E-state index in [0.29, 0.717) is 26.3 Å². The molecule has 4 aromatic carbocycles. The second kappa shape index (κ2) is 23.8. The topological polar surface area (TPSA) is 90.5 Å². The number of carbonyl (C=O) groups excluding carboxylic acids is 4. The fraction of sp³-hybridized carbons (Fsp3) is 0.321. The summed E-state index contributed by atoms with van der Waals surface area (Å²) in [5.74, 6) is -9.36. The van der Waals surface area contributed by atoms with Crippen molar-refractivity contribution in [2.24, 2.45) is 0 Å². The normalized spacial score (nSPS) is 19.5. The van der Waals surface area contributed by atoms with Gasteiger partial charge in [-0.25, -0.2) is 35.1 Å². The van der Waals surface area contributed by atoms with Gasteiger partial charge in [-0.1, -0.05) is 30.7 Å². The maximum Gasteiger partial charge on any atom is 0.224 e. The van der Waals surface area contributed by atoms with Gasteiger partial charge >= 0.3 is 0 Å². The van der Waals surface area contributed by atoms with Gasteiger partial charge in [-0.15, -0.1) is 0 Å². The third-order valence-corrected chi connectivity index (χ3v) is 12.3. The smallest absolute Gasteiger partial charge is 0.224 e. The molecule has 0 N–H and O–H groups in total. The zero-order chi connectivity index (χ0) is 49.9. The Balaban J connectivity index is 0.000000206. The van der Waals surface area contributed by atoms with Crippen LogP contribution in [0.3, 0.4) is 0 Å². The van der Waals surface area contributed by atoms with Crippen molar-refractivity contribution in [1.82, 2.24) is 19.6 Å². The first-order valence-electron chi connectivity index (χ1n) is 22.9. The molecule has 0 radical (unpaired) electrons. The lowest BCUT2D eigenvalue weighted by molar-refractivity contribution is -0.133. The average molecular weight is 975 g/mol. The van der Waals surface area contributed by atoms with Crippen LogP contribution >= 0.6 is 0 Å². The van der Waals surface area contributed by atoms with E-state index in [0.717, 1.165) is 87.6 Å². The number of benzene rings is 4. The van der Waals surface area contributed by atoms with E-state index in [1.807, 2.05) is 0 Å². The summed E-state index contributed by atoms with van der Waals surface area (Å²) >= 11 is 0. The quantitative estimate of drug-likeness (QED) is 0.116. The minimum absolute atomic E-state index is 0.00507. The highest BCUT2D eigenvalue weighted by Gasteiger charge is 2.31. The van der Waals surface area contributed by atoms with Gasteiger partial charge in [-0.3, -0.25) is 24.1 Å². The predicted octanol–water partition coefficient (Wildman–Crippen LogP) is 8.84. The molecule has 0 bridgehead atoms. The lowest BCUT2D eigenvalue weighted by Gasteiger charge is -2.31. The molecule has 8 rings (SSSR count). The third-order valence-electron chi connectivity index (χ3n) is 12.3. The van der Waals surface area contributed by atoms with Gasteiger partial charge in [-0.05, 0) is 121 Å². The van der Waals surface area contributed by atoms with Crippen molar-refractivity contribution in [2.75, 3.05) is 78.7 Å². The zero-order valence-electron chi connectivity index (χ0n) is 38.1. The van der Waals surface area contributed by atoms with Crippen LogP contribution in [-0.2, 0) is 23.9 Å². The third kappa shape index (κ3) is 13.8. The molecule has 0 saturated carbocycles. The summed E-state index contributed by atoms with van der Waals surface area (Å²) in [6, 6.07) is 13.1. The Kier molecular flexibility index (Phi) is 17.5. The molecule has 17 heteroatoms. The largest absolute Gasteiger partial charge is 0.379 e. The maximum absolute atomic E-state index is 13.7. The molecule has 4 fully saturated rings. The molecule has 4 heterocycles. The van der Waals surface area contributed by atoms with E-state index in [1.54, 1.807) is 0 Å². The highest BCUT2D eigenvalue weighted by atomic mass is 19.2. The highest BCUT2D eigenvalue weighted by molar-refractivity contribution is 6.16. The number of morpholine rings is 1. The Bertz CT molecular complexity index is 2410. The fourth-order valence-electron chi connectivity index (χ4n) is 8.48. The van der Waals surface area contributed by atoms with Gasteiger partial charge in [0.15, 0.2) is 58.1 Å². The fourth-order valence-corrected chi connectivity index (χ4v) is 8.48. The van der Waals surface area contributed by atoms with Crippen molar-refractivity contribution in [3.8, 4) is 0 Å². The lowest BCUT2D eigenvalue weighted by atomic mass is 9.94. The number of rotatable bonds is 10. The van der Waals surface area contributed by atoms with E-state index in [2.05, 4.69) is 9.80 Å². The van der Waals surface area contributed by atoms with Gasteiger partial charge < -0.3 is 19.4 Å². The number of hydrogen-bond acceptors (Lipinski definition) is 7. The minimum atomic E-state index is -1.06. The van der Waals surface area contributed by atoms with E-state index in [9.17, 15) is 54.3 Å². The summed E-state index contributed by atoms with van der Waals surface area (Å²) in [7, 11) is 0. The van der Waals surface area contributed by atoms with Crippen LogP contribution in [0.15, 0.2) is 95.1 Å². The molecule has 0 aliphatic carbocycles. The molecule has 0 spiro atoms. The first-order valence-corrected chi connectivity index (χ1v) is 22.9. The van der Waals surface area contributed by atoms with E-state index < -0.39 is 52.3 Å². The number of ketones is 2. The standard InChI is InChI=1S/C27H26F4N2O2.C26H24F4N2O3/c28-22-6-4-18(14-24(22)30)12-20-16-33(26(34)8-11-32-9-2-1-3-10-32)17-21(27(20)35)13-19-5-7-23(29)25(31)15-19;27-21-3-1-17(13-23(21)29)11-19-15-32(25(33)5-6-31-7-9-35-10-8-31)16-20(26(19)34)12-18-2-4-22(28)24(30)14-18/h4-7,12-15H,1-3,8-11,16-17H2;1-4,11-14H,5-10,15-16H2/b20-12+,21-13+;19-11+,20-12+. The number of halogens is 8. The minimum Gasteiger partial charge on any atom is -0.379 e. The van der Waals surface area contributed by atoms with Crippen LogP contribution in [0.25, 0.3) is 24.3 Å². The van der Waals surface area contributed by atoms with Gasteiger partial charge in [0.1, 0.15) is 0 Å². The van der Waals surface area contributed by atoms with Crippen molar-refractivity contribution in [3.63, 3.8) is 0 Å². The Morgan fingerprint density at radius 2 is 0.729 bits per heavy atom. The van der Waals surface area contributed by atoms with Gasteiger partial charge in [-0.2, -0.15) is 0 Å². The molecule has 0 aromatic heterocycles. The number of ether oxygens (including phenoxy) is 1. The van der Waals surface area contributed by atoms with Crippen molar-refractivity contribution < 1.29 is 59.0 Å². The molecule has 2 amide bonds. The number of carbonyl (C=O) groups is 4. The van der Waals surface area contributed by atoms with E-state index >= 15 is 0 Å². The number of likely N-dealkylation sites (tertiary alicyclic amines) is 3. The van der Waals surface area contributed by atoms with Crippen LogP contribution in [0, 0.1) is 46.5 Å². The molecule has 9 nitrogen and oxygen atoms in total. The van der Waals surface area contributed by atoms with E-state index in [-0.39, 0.29) is 101 Å². The first kappa shape index (κ1) is 51.3. The van der Waals surface area contributed by atoms with Crippen LogP contribution in [0.1, 0.15) is 54.4 Å². The van der Waals surface area contributed by atoms with Gasteiger partial charge in [0.2, 0.25) is 11.8 Å². The second-order valence-electron chi connectivity index (χ2n) is 17.4. The lowest BCUT2D eigenvalue weighted by Crippen LogP contribution is -2.44. The molecule has 4 saturated heterocycles. The molecule has 0 atom stereocenters. The Morgan fingerprint density at radius 3 is 1.03 bits per heavy atom. The van der Waals surface area contributed by atoms with Crippen molar-refractivity contribution >= 4 is 47.7 Å². The molecule has 4 aliphatic rings. The number of piperidine rings is 3. The zero-order valence-corrected chi connectivity index (χ0v) is 38.1. The monoisotopic (exact) mass is 974 g/mol.